The molecule has 3 heterocycles. The highest BCUT2D eigenvalue weighted by molar-refractivity contribution is 7.99. The molecule has 152 valence electrons. The monoisotopic (exact) mass is 413 g/mol. The summed E-state index contributed by atoms with van der Waals surface area (Å²) in [6, 6.07) is 7.61. The summed E-state index contributed by atoms with van der Waals surface area (Å²) in [4.78, 5) is 4.47. The number of hydrogen-bond donors (Lipinski definition) is 0. The molecule has 1 aromatic carbocycles. The average Bonchev–Trinajstić information content (AvgIpc) is 3.36. The number of allylic oxidation sites excluding steroid dienone is 1. The normalized spacial score (nSPS) is 16.6. The van der Waals surface area contributed by atoms with E-state index in [0.29, 0.717) is 30.6 Å². The van der Waals surface area contributed by atoms with E-state index in [1.165, 1.54) is 11.8 Å². The fourth-order valence-corrected chi connectivity index (χ4v) is 3.94. The van der Waals surface area contributed by atoms with Crippen molar-refractivity contribution in [2.75, 3.05) is 6.61 Å². The first-order valence-corrected chi connectivity index (χ1v) is 10.5. The molecule has 1 aliphatic rings. The van der Waals surface area contributed by atoms with E-state index in [-0.39, 0.29) is 11.4 Å². The molecule has 0 unspecified atom stereocenters. The summed E-state index contributed by atoms with van der Waals surface area (Å²) in [5, 5.41) is 13.5. The highest BCUT2D eigenvalue weighted by Gasteiger charge is 2.29. The van der Waals surface area contributed by atoms with Gasteiger partial charge in [-0.25, -0.2) is 0 Å². The van der Waals surface area contributed by atoms with Gasteiger partial charge >= 0.3 is 0 Å². The Kier molecular flexibility index (Phi) is 5.84. The molecule has 1 aliphatic heterocycles. The van der Waals surface area contributed by atoms with Crippen molar-refractivity contribution in [3.8, 4) is 11.5 Å². The summed E-state index contributed by atoms with van der Waals surface area (Å²) >= 11 is 1.51. The maximum atomic E-state index is 6.11. The number of aryl methyl sites for hydroxylation is 1. The molecule has 2 atom stereocenters. The van der Waals surface area contributed by atoms with Crippen LogP contribution in [-0.2, 0) is 13.0 Å². The summed E-state index contributed by atoms with van der Waals surface area (Å²) in [6.45, 7) is 8.89. The van der Waals surface area contributed by atoms with Crippen LogP contribution in [0.3, 0.4) is 0 Å². The van der Waals surface area contributed by atoms with Gasteiger partial charge in [-0.1, -0.05) is 42.1 Å². The zero-order valence-corrected chi connectivity index (χ0v) is 17.3. The van der Waals surface area contributed by atoms with Gasteiger partial charge in [-0.3, -0.25) is 4.57 Å². The Hall–Kier alpha value is -2.81. The van der Waals surface area contributed by atoms with Crippen molar-refractivity contribution in [3.05, 3.63) is 54.5 Å². The van der Waals surface area contributed by atoms with Crippen LogP contribution in [-0.4, -0.2) is 31.5 Å². The average molecular weight is 414 g/mol. The van der Waals surface area contributed by atoms with E-state index in [2.05, 4.69) is 33.8 Å². The van der Waals surface area contributed by atoms with E-state index in [9.17, 15) is 0 Å². The Labute approximate surface area is 173 Å². The predicted octanol–water partition coefficient (Wildman–Crippen LogP) is 4.17. The van der Waals surface area contributed by atoms with Crippen molar-refractivity contribution in [1.82, 2.24) is 24.9 Å². The van der Waals surface area contributed by atoms with Crippen LogP contribution in [0.5, 0.6) is 11.5 Å². The number of hydrogen-bond acceptors (Lipinski definition) is 8. The number of para-hydroxylation sites is 2. The van der Waals surface area contributed by atoms with Gasteiger partial charge in [0.15, 0.2) is 34.4 Å². The molecule has 0 spiro atoms. The molecule has 3 aromatic rings. The van der Waals surface area contributed by atoms with E-state index in [1.54, 1.807) is 0 Å². The van der Waals surface area contributed by atoms with Crippen molar-refractivity contribution < 1.29 is 14.0 Å². The number of ether oxygens (including phenoxy) is 2. The molecule has 0 bridgehead atoms. The van der Waals surface area contributed by atoms with Crippen molar-refractivity contribution in [3.63, 3.8) is 0 Å². The largest absolute Gasteiger partial charge is 0.485 e. The third-order valence-electron chi connectivity index (χ3n) is 4.44. The number of benzene rings is 1. The van der Waals surface area contributed by atoms with Gasteiger partial charge in [0.05, 0.1) is 5.25 Å². The van der Waals surface area contributed by atoms with Gasteiger partial charge in [0.25, 0.3) is 0 Å². The van der Waals surface area contributed by atoms with E-state index in [4.69, 9.17) is 14.0 Å². The summed E-state index contributed by atoms with van der Waals surface area (Å²) < 4.78 is 19.3. The Bertz CT molecular complexity index is 986. The minimum Gasteiger partial charge on any atom is -0.485 e. The van der Waals surface area contributed by atoms with Crippen LogP contribution in [0.4, 0.5) is 0 Å². The van der Waals surface area contributed by atoms with E-state index in [1.807, 2.05) is 41.8 Å². The van der Waals surface area contributed by atoms with E-state index < -0.39 is 0 Å². The first-order valence-electron chi connectivity index (χ1n) is 9.61. The maximum Gasteiger partial charge on any atom is 0.239 e. The topological polar surface area (TPSA) is 88.1 Å². The first-order chi connectivity index (χ1) is 14.2. The lowest BCUT2D eigenvalue weighted by atomic mass is 10.2. The van der Waals surface area contributed by atoms with Crippen molar-refractivity contribution in [1.29, 1.82) is 0 Å². The van der Waals surface area contributed by atoms with Crippen LogP contribution in [0.25, 0.3) is 0 Å². The van der Waals surface area contributed by atoms with Crippen LogP contribution in [0.2, 0.25) is 0 Å². The third-order valence-corrected chi connectivity index (χ3v) is 5.51. The SMILES string of the molecule is C=CCn1c(S[C@@H](C)c2nc(CCC)no2)nnc1[C@H]1COc2ccccc2O1. The van der Waals surface area contributed by atoms with Gasteiger partial charge in [0.2, 0.25) is 5.89 Å². The maximum absolute atomic E-state index is 6.11. The molecule has 0 saturated heterocycles. The van der Waals surface area contributed by atoms with Gasteiger partial charge in [-0.2, -0.15) is 4.98 Å². The zero-order chi connectivity index (χ0) is 20.2. The number of nitrogens with zero attached hydrogens (tertiary/aromatic N) is 5. The minimum atomic E-state index is -0.346. The van der Waals surface area contributed by atoms with Crippen LogP contribution >= 0.6 is 11.8 Å². The minimum absolute atomic E-state index is 0.0574. The highest BCUT2D eigenvalue weighted by Crippen LogP contribution is 2.38. The highest BCUT2D eigenvalue weighted by atomic mass is 32.2. The first kappa shape index (κ1) is 19.5. The molecule has 0 radical (unpaired) electrons. The molecule has 4 rings (SSSR count). The summed E-state index contributed by atoms with van der Waals surface area (Å²) in [5.74, 6) is 3.45. The molecule has 0 aliphatic carbocycles. The second kappa shape index (κ2) is 8.69. The van der Waals surface area contributed by atoms with Crippen LogP contribution in [0.1, 0.15) is 49.2 Å². The zero-order valence-electron chi connectivity index (χ0n) is 16.4. The van der Waals surface area contributed by atoms with Gasteiger partial charge in [0, 0.05) is 13.0 Å². The predicted molar refractivity (Wildman–Crippen MR) is 108 cm³/mol. The van der Waals surface area contributed by atoms with Gasteiger partial charge in [-0.15, -0.1) is 16.8 Å². The lowest BCUT2D eigenvalue weighted by molar-refractivity contribution is 0.0821. The quantitative estimate of drug-likeness (QED) is 0.402. The molecule has 29 heavy (non-hydrogen) atoms. The van der Waals surface area contributed by atoms with Crippen LogP contribution in [0.15, 0.2) is 46.6 Å². The fourth-order valence-electron chi connectivity index (χ4n) is 3.04. The Morgan fingerprint density at radius 2 is 2.14 bits per heavy atom. The number of thioether (sulfide) groups is 1. The molecule has 0 amide bonds. The summed E-state index contributed by atoms with van der Waals surface area (Å²) in [5.41, 5.74) is 0. The standard InChI is InChI=1S/C20H23N5O3S/c1-4-8-17-21-19(28-24-17)13(3)29-20-23-22-18(25(20)11-5-2)16-12-26-14-9-6-7-10-15(14)27-16/h5-7,9-10,13,16H,2,4,8,11-12H2,1,3H3/t13-,16+/m0/s1. The molecular weight excluding hydrogens is 390 g/mol. The Morgan fingerprint density at radius 3 is 2.93 bits per heavy atom. The fraction of sp³-hybridized carbons (Fsp3) is 0.400. The lowest BCUT2D eigenvalue weighted by Crippen LogP contribution is -2.25. The van der Waals surface area contributed by atoms with Crippen LogP contribution < -0.4 is 9.47 Å². The number of fused-ring (bicyclic) bond motifs is 1. The molecule has 8 nitrogen and oxygen atoms in total. The van der Waals surface area contributed by atoms with Gasteiger partial charge in [-0.05, 0) is 25.5 Å². The van der Waals surface area contributed by atoms with Crippen molar-refractivity contribution in [2.24, 2.45) is 0 Å². The Morgan fingerprint density at radius 1 is 1.31 bits per heavy atom. The Balaban J connectivity index is 1.54. The molecule has 9 heteroatoms. The van der Waals surface area contributed by atoms with E-state index >= 15 is 0 Å². The third kappa shape index (κ3) is 4.14. The smallest absolute Gasteiger partial charge is 0.239 e. The van der Waals surface area contributed by atoms with E-state index in [0.717, 1.165) is 29.6 Å². The summed E-state index contributed by atoms with van der Waals surface area (Å²) in [7, 11) is 0. The molecular formula is C20H23N5O3S. The number of aromatic nitrogens is 5. The van der Waals surface area contributed by atoms with Crippen molar-refractivity contribution >= 4 is 11.8 Å². The second-order valence-corrected chi connectivity index (χ2v) is 7.97. The molecule has 0 N–H and O–H groups in total. The lowest BCUT2D eigenvalue weighted by Gasteiger charge is -2.26. The second-order valence-electron chi connectivity index (χ2n) is 6.66. The summed E-state index contributed by atoms with van der Waals surface area (Å²) in [6.07, 6.45) is 3.25. The molecule has 0 saturated carbocycles. The van der Waals surface area contributed by atoms with Gasteiger partial charge < -0.3 is 14.0 Å². The van der Waals surface area contributed by atoms with Gasteiger partial charge in [0.1, 0.15) is 6.61 Å². The molecule has 2 aromatic heterocycles. The number of rotatable bonds is 8. The molecule has 0 fully saturated rings. The van der Waals surface area contributed by atoms with Crippen LogP contribution in [0, 0.1) is 0 Å². The van der Waals surface area contributed by atoms with Crippen molar-refractivity contribution in [2.45, 2.75) is 49.7 Å².